The molecule has 1 aromatic carbocycles. The first-order valence-corrected chi connectivity index (χ1v) is 9.23. The fourth-order valence-corrected chi connectivity index (χ4v) is 4.01. The fraction of sp³-hybridized carbons (Fsp3) is 0.400. The normalized spacial score (nSPS) is 18.8. The number of nitrogens with zero attached hydrogens (tertiary/aromatic N) is 2. The van der Waals surface area contributed by atoms with Gasteiger partial charge >= 0.3 is 0 Å². The molecule has 1 amide bonds. The van der Waals surface area contributed by atoms with Gasteiger partial charge in [0.05, 0.1) is 16.9 Å². The van der Waals surface area contributed by atoms with E-state index < -0.39 is 0 Å². The summed E-state index contributed by atoms with van der Waals surface area (Å²) in [6.07, 6.45) is 5.36. The average Bonchev–Trinajstić information content (AvgIpc) is 3.07. The van der Waals surface area contributed by atoms with Gasteiger partial charge in [-0.25, -0.2) is 4.98 Å². The number of piperidine rings is 1. The van der Waals surface area contributed by atoms with E-state index in [1.54, 1.807) is 18.3 Å². The van der Waals surface area contributed by atoms with E-state index >= 15 is 0 Å². The number of anilines is 3. The highest BCUT2D eigenvalue weighted by atomic mass is 16.1. The second-order valence-corrected chi connectivity index (χ2v) is 7.37. The van der Waals surface area contributed by atoms with Crippen LogP contribution in [0.15, 0.2) is 42.6 Å². The van der Waals surface area contributed by atoms with Crippen molar-refractivity contribution in [2.45, 2.75) is 19.3 Å². The van der Waals surface area contributed by atoms with Gasteiger partial charge in [-0.1, -0.05) is 12.1 Å². The predicted molar refractivity (Wildman–Crippen MR) is 104 cm³/mol. The largest absolute Gasteiger partial charge is 0.397 e. The SMILES string of the molecule is Nc1ccccc1NC(=O)c1ccc(N2CCC3(CCNCC3)C2)nc1. The summed E-state index contributed by atoms with van der Waals surface area (Å²) < 4.78 is 0. The van der Waals surface area contributed by atoms with Gasteiger partial charge < -0.3 is 21.3 Å². The summed E-state index contributed by atoms with van der Waals surface area (Å²) in [6, 6.07) is 11.0. The number of carbonyl (C=O) groups excluding carboxylic acids is 1. The van der Waals surface area contributed by atoms with Crippen LogP contribution in [-0.4, -0.2) is 37.1 Å². The number of para-hydroxylation sites is 2. The van der Waals surface area contributed by atoms with Crippen LogP contribution in [-0.2, 0) is 0 Å². The lowest BCUT2D eigenvalue weighted by Gasteiger charge is -2.33. The first kappa shape index (κ1) is 16.8. The zero-order valence-corrected chi connectivity index (χ0v) is 14.9. The molecule has 2 aromatic rings. The molecule has 3 heterocycles. The molecular weight excluding hydrogens is 326 g/mol. The molecule has 0 atom stereocenters. The molecule has 1 aromatic heterocycles. The maximum Gasteiger partial charge on any atom is 0.257 e. The van der Waals surface area contributed by atoms with Gasteiger partial charge in [0.1, 0.15) is 5.82 Å². The smallest absolute Gasteiger partial charge is 0.257 e. The lowest BCUT2D eigenvalue weighted by molar-refractivity contribution is 0.102. The molecule has 0 bridgehead atoms. The number of nitrogens with two attached hydrogens (primary N) is 1. The monoisotopic (exact) mass is 351 g/mol. The number of nitrogens with one attached hydrogen (secondary N) is 2. The van der Waals surface area contributed by atoms with Gasteiger partial charge in [0.15, 0.2) is 0 Å². The second kappa shape index (κ2) is 6.96. The number of amides is 1. The third-order valence-corrected chi connectivity index (χ3v) is 5.65. The number of hydrogen-bond acceptors (Lipinski definition) is 5. The van der Waals surface area contributed by atoms with Crippen molar-refractivity contribution < 1.29 is 4.79 Å². The van der Waals surface area contributed by atoms with Crippen molar-refractivity contribution in [2.24, 2.45) is 5.41 Å². The molecule has 2 aliphatic rings. The van der Waals surface area contributed by atoms with Crippen LogP contribution in [0.2, 0.25) is 0 Å². The Morgan fingerprint density at radius 1 is 1.15 bits per heavy atom. The Morgan fingerprint density at radius 2 is 1.96 bits per heavy atom. The van der Waals surface area contributed by atoms with Gasteiger partial charge in [-0.15, -0.1) is 0 Å². The Balaban J connectivity index is 1.42. The fourth-order valence-electron chi connectivity index (χ4n) is 4.01. The van der Waals surface area contributed by atoms with Crippen molar-refractivity contribution in [1.29, 1.82) is 0 Å². The van der Waals surface area contributed by atoms with E-state index in [0.717, 1.165) is 32.0 Å². The Labute approximate surface area is 153 Å². The first-order chi connectivity index (χ1) is 12.7. The van der Waals surface area contributed by atoms with Gasteiger partial charge in [0, 0.05) is 19.3 Å². The highest BCUT2D eigenvalue weighted by Gasteiger charge is 2.39. The molecule has 2 aliphatic heterocycles. The van der Waals surface area contributed by atoms with Crippen LogP contribution in [0.3, 0.4) is 0 Å². The molecule has 4 N–H and O–H groups in total. The van der Waals surface area contributed by atoms with E-state index in [9.17, 15) is 4.79 Å². The highest BCUT2D eigenvalue weighted by Crippen LogP contribution is 2.39. The first-order valence-electron chi connectivity index (χ1n) is 9.23. The minimum Gasteiger partial charge on any atom is -0.397 e. The van der Waals surface area contributed by atoms with Crippen molar-refractivity contribution in [1.82, 2.24) is 10.3 Å². The van der Waals surface area contributed by atoms with Gasteiger partial charge in [-0.2, -0.15) is 0 Å². The molecule has 26 heavy (non-hydrogen) atoms. The number of aromatic nitrogens is 1. The summed E-state index contributed by atoms with van der Waals surface area (Å²) >= 11 is 0. The molecule has 1 spiro atoms. The third kappa shape index (κ3) is 3.37. The predicted octanol–water partition coefficient (Wildman–Crippen LogP) is 2.50. The Bertz CT molecular complexity index is 783. The number of rotatable bonds is 3. The van der Waals surface area contributed by atoms with Crippen molar-refractivity contribution >= 4 is 23.1 Å². The van der Waals surface area contributed by atoms with E-state index in [2.05, 4.69) is 20.5 Å². The second-order valence-electron chi connectivity index (χ2n) is 7.37. The molecule has 4 rings (SSSR count). The highest BCUT2D eigenvalue weighted by molar-refractivity contribution is 6.05. The standard InChI is InChI=1S/C20H25N5O/c21-16-3-1-2-4-17(16)24-19(26)15-5-6-18(23-13-15)25-12-9-20(14-25)7-10-22-11-8-20/h1-6,13,22H,7-12,14,21H2,(H,24,26). The van der Waals surface area contributed by atoms with Crippen molar-refractivity contribution in [3.8, 4) is 0 Å². The summed E-state index contributed by atoms with van der Waals surface area (Å²) in [7, 11) is 0. The summed E-state index contributed by atoms with van der Waals surface area (Å²) in [4.78, 5) is 19.3. The number of benzene rings is 1. The van der Waals surface area contributed by atoms with E-state index in [1.165, 1.54) is 19.3 Å². The molecule has 6 nitrogen and oxygen atoms in total. The number of hydrogen-bond donors (Lipinski definition) is 3. The molecule has 0 radical (unpaired) electrons. The molecule has 6 heteroatoms. The maximum atomic E-state index is 12.4. The Morgan fingerprint density at radius 3 is 2.69 bits per heavy atom. The van der Waals surface area contributed by atoms with Gasteiger partial charge in [-0.05, 0) is 62.0 Å². The van der Waals surface area contributed by atoms with Gasteiger partial charge in [-0.3, -0.25) is 4.79 Å². The zero-order valence-electron chi connectivity index (χ0n) is 14.9. The molecular formula is C20H25N5O. The van der Waals surface area contributed by atoms with Crippen molar-refractivity contribution in [2.75, 3.05) is 42.1 Å². The molecule has 2 fully saturated rings. The average molecular weight is 351 g/mol. The van der Waals surface area contributed by atoms with E-state index in [-0.39, 0.29) is 5.91 Å². The zero-order chi connectivity index (χ0) is 18.0. The van der Waals surface area contributed by atoms with E-state index in [1.807, 2.05) is 24.3 Å². The van der Waals surface area contributed by atoms with Gasteiger partial charge in [0.2, 0.25) is 0 Å². The van der Waals surface area contributed by atoms with Crippen LogP contribution in [0.4, 0.5) is 17.2 Å². The van der Waals surface area contributed by atoms with Crippen LogP contribution < -0.4 is 21.3 Å². The van der Waals surface area contributed by atoms with Gasteiger partial charge in [0.25, 0.3) is 5.91 Å². The number of carbonyl (C=O) groups is 1. The summed E-state index contributed by atoms with van der Waals surface area (Å²) in [5.74, 6) is 0.759. The van der Waals surface area contributed by atoms with Crippen LogP contribution in [0.1, 0.15) is 29.6 Å². The van der Waals surface area contributed by atoms with E-state index in [0.29, 0.717) is 22.4 Å². The van der Waals surface area contributed by atoms with Crippen LogP contribution in [0, 0.1) is 5.41 Å². The lowest BCUT2D eigenvalue weighted by atomic mass is 9.78. The molecule has 2 saturated heterocycles. The van der Waals surface area contributed by atoms with Crippen LogP contribution >= 0.6 is 0 Å². The topological polar surface area (TPSA) is 83.3 Å². The van der Waals surface area contributed by atoms with E-state index in [4.69, 9.17) is 5.73 Å². The number of nitrogen functional groups attached to an aromatic ring is 1. The van der Waals surface area contributed by atoms with Crippen LogP contribution in [0.5, 0.6) is 0 Å². The number of pyridine rings is 1. The van der Waals surface area contributed by atoms with Crippen molar-refractivity contribution in [3.05, 3.63) is 48.2 Å². The minimum absolute atomic E-state index is 0.196. The molecule has 0 saturated carbocycles. The Hall–Kier alpha value is -2.60. The maximum absolute atomic E-state index is 12.4. The van der Waals surface area contributed by atoms with Crippen LogP contribution in [0.25, 0.3) is 0 Å². The molecule has 136 valence electrons. The quantitative estimate of drug-likeness (QED) is 0.740. The minimum atomic E-state index is -0.196. The molecule has 0 unspecified atom stereocenters. The third-order valence-electron chi connectivity index (χ3n) is 5.65. The summed E-state index contributed by atoms with van der Waals surface area (Å²) in [5, 5.41) is 6.28. The summed E-state index contributed by atoms with van der Waals surface area (Å²) in [6.45, 7) is 4.33. The summed E-state index contributed by atoms with van der Waals surface area (Å²) in [5.41, 5.74) is 8.02. The molecule has 0 aliphatic carbocycles. The lowest BCUT2D eigenvalue weighted by Crippen LogP contribution is -2.38. The Kier molecular flexibility index (Phi) is 4.51. The van der Waals surface area contributed by atoms with Crippen molar-refractivity contribution in [3.63, 3.8) is 0 Å².